The lowest BCUT2D eigenvalue weighted by Gasteiger charge is -2.27. The van der Waals surface area contributed by atoms with E-state index in [2.05, 4.69) is 11.0 Å². The van der Waals surface area contributed by atoms with Gasteiger partial charge in [-0.3, -0.25) is 9.69 Å². The molecule has 0 radical (unpaired) electrons. The Morgan fingerprint density at radius 2 is 2.05 bits per heavy atom. The van der Waals surface area contributed by atoms with Crippen molar-refractivity contribution < 1.29 is 14.3 Å². The third-order valence-electron chi connectivity index (χ3n) is 3.92. The molecule has 4 heteroatoms. The zero-order valence-electron chi connectivity index (χ0n) is 12.3. The zero-order valence-corrected chi connectivity index (χ0v) is 12.3. The molecule has 1 saturated carbocycles. The Morgan fingerprint density at radius 3 is 2.70 bits per heavy atom. The van der Waals surface area contributed by atoms with Crippen LogP contribution in [0.5, 0.6) is 5.75 Å². The Labute approximate surface area is 120 Å². The minimum atomic E-state index is -0.167. The van der Waals surface area contributed by atoms with E-state index in [0.29, 0.717) is 12.6 Å². The van der Waals surface area contributed by atoms with Crippen LogP contribution in [0.4, 0.5) is 0 Å². The number of nitrogens with zero attached hydrogens (tertiary/aromatic N) is 1. The fourth-order valence-electron chi connectivity index (χ4n) is 2.82. The van der Waals surface area contributed by atoms with Crippen molar-refractivity contribution >= 4 is 5.97 Å². The van der Waals surface area contributed by atoms with E-state index < -0.39 is 0 Å². The van der Waals surface area contributed by atoms with Gasteiger partial charge in [0.15, 0.2) is 0 Å². The molecule has 0 unspecified atom stereocenters. The first-order valence-electron chi connectivity index (χ1n) is 7.16. The highest BCUT2D eigenvalue weighted by Gasteiger charge is 2.24. The number of ether oxygens (including phenoxy) is 2. The van der Waals surface area contributed by atoms with E-state index in [1.54, 1.807) is 7.11 Å². The summed E-state index contributed by atoms with van der Waals surface area (Å²) in [5, 5.41) is 0. The molecule has 0 heterocycles. The van der Waals surface area contributed by atoms with Gasteiger partial charge in [0.05, 0.1) is 20.8 Å². The van der Waals surface area contributed by atoms with Crippen molar-refractivity contribution in [1.82, 2.24) is 4.90 Å². The molecule has 110 valence electrons. The van der Waals surface area contributed by atoms with E-state index in [1.165, 1.54) is 38.4 Å². The number of hydrogen-bond donors (Lipinski definition) is 0. The Kier molecular flexibility index (Phi) is 5.41. The summed E-state index contributed by atoms with van der Waals surface area (Å²) in [6.45, 7) is 1.12. The van der Waals surface area contributed by atoms with Gasteiger partial charge in [0.1, 0.15) is 5.75 Å². The topological polar surface area (TPSA) is 38.8 Å². The van der Waals surface area contributed by atoms with Crippen LogP contribution in [0.3, 0.4) is 0 Å². The minimum Gasteiger partial charge on any atom is -0.497 e. The molecule has 1 aliphatic rings. The molecule has 0 saturated heterocycles. The van der Waals surface area contributed by atoms with E-state index >= 15 is 0 Å². The van der Waals surface area contributed by atoms with Gasteiger partial charge in [0.25, 0.3) is 0 Å². The smallest absolute Gasteiger partial charge is 0.319 e. The fourth-order valence-corrected chi connectivity index (χ4v) is 2.82. The van der Waals surface area contributed by atoms with Crippen molar-refractivity contribution in [2.75, 3.05) is 20.8 Å². The maximum Gasteiger partial charge on any atom is 0.319 e. The average molecular weight is 277 g/mol. The van der Waals surface area contributed by atoms with Crippen LogP contribution in [0, 0.1) is 0 Å². The van der Waals surface area contributed by atoms with Gasteiger partial charge in [0.2, 0.25) is 0 Å². The Hall–Kier alpha value is -1.55. The van der Waals surface area contributed by atoms with Crippen LogP contribution in [0.25, 0.3) is 0 Å². The largest absolute Gasteiger partial charge is 0.497 e. The molecule has 0 amide bonds. The number of benzene rings is 1. The molecule has 1 aliphatic carbocycles. The number of esters is 1. The minimum absolute atomic E-state index is 0.167. The lowest BCUT2D eigenvalue weighted by atomic mass is 10.1. The summed E-state index contributed by atoms with van der Waals surface area (Å²) in [7, 11) is 3.11. The average Bonchev–Trinajstić information content (AvgIpc) is 3.00. The molecular formula is C16H23NO3. The molecule has 0 aromatic heterocycles. The van der Waals surface area contributed by atoms with Gasteiger partial charge in [-0.2, -0.15) is 0 Å². The number of methoxy groups -OCH3 is 2. The summed E-state index contributed by atoms with van der Waals surface area (Å²) in [6.07, 6.45) is 4.84. The van der Waals surface area contributed by atoms with Gasteiger partial charge in [0, 0.05) is 12.6 Å². The molecule has 20 heavy (non-hydrogen) atoms. The van der Waals surface area contributed by atoms with Gasteiger partial charge < -0.3 is 9.47 Å². The van der Waals surface area contributed by atoms with Gasteiger partial charge in [-0.1, -0.05) is 25.0 Å². The van der Waals surface area contributed by atoms with Crippen molar-refractivity contribution in [3.8, 4) is 5.75 Å². The highest BCUT2D eigenvalue weighted by molar-refractivity contribution is 5.71. The van der Waals surface area contributed by atoms with Gasteiger partial charge in [-0.15, -0.1) is 0 Å². The summed E-state index contributed by atoms with van der Waals surface area (Å²) < 4.78 is 10.1. The van der Waals surface area contributed by atoms with Crippen LogP contribution in [-0.4, -0.2) is 37.7 Å². The summed E-state index contributed by atoms with van der Waals surface area (Å²) in [5.41, 5.74) is 1.17. The van der Waals surface area contributed by atoms with E-state index in [9.17, 15) is 4.79 Å². The number of hydrogen-bond acceptors (Lipinski definition) is 4. The van der Waals surface area contributed by atoms with Crippen molar-refractivity contribution in [2.24, 2.45) is 0 Å². The van der Waals surface area contributed by atoms with Gasteiger partial charge in [-0.25, -0.2) is 0 Å². The van der Waals surface area contributed by atoms with Crippen LogP contribution in [0.2, 0.25) is 0 Å². The van der Waals surface area contributed by atoms with Crippen molar-refractivity contribution in [3.05, 3.63) is 29.8 Å². The molecule has 0 spiro atoms. The molecule has 0 atom stereocenters. The van der Waals surface area contributed by atoms with Crippen molar-refractivity contribution in [3.63, 3.8) is 0 Å². The molecule has 1 aromatic rings. The number of carbonyl (C=O) groups excluding carboxylic acids is 1. The highest BCUT2D eigenvalue weighted by atomic mass is 16.5. The second-order valence-electron chi connectivity index (χ2n) is 5.27. The second-order valence-corrected chi connectivity index (χ2v) is 5.27. The van der Waals surface area contributed by atoms with Crippen LogP contribution in [-0.2, 0) is 16.1 Å². The molecular weight excluding hydrogens is 254 g/mol. The first-order valence-corrected chi connectivity index (χ1v) is 7.16. The molecule has 0 bridgehead atoms. The van der Waals surface area contributed by atoms with Gasteiger partial charge in [-0.05, 0) is 30.5 Å². The van der Waals surface area contributed by atoms with E-state index in [0.717, 1.165) is 12.3 Å². The molecule has 2 rings (SSSR count). The van der Waals surface area contributed by atoms with Crippen LogP contribution >= 0.6 is 0 Å². The normalized spacial score (nSPS) is 15.6. The SMILES string of the molecule is COC(=O)CN(Cc1cccc(OC)c1)C1CCCC1. The standard InChI is InChI=1S/C16H23NO3/c1-19-15-9-5-6-13(10-15)11-17(12-16(18)20-2)14-7-3-4-8-14/h5-6,9-10,14H,3-4,7-8,11-12H2,1-2H3. The summed E-state index contributed by atoms with van der Waals surface area (Å²) in [6, 6.07) is 8.50. The summed E-state index contributed by atoms with van der Waals surface area (Å²) in [4.78, 5) is 13.8. The molecule has 0 N–H and O–H groups in total. The van der Waals surface area contributed by atoms with E-state index in [4.69, 9.17) is 9.47 Å². The molecule has 1 fully saturated rings. The predicted molar refractivity (Wildman–Crippen MR) is 77.7 cm³/mol. The van der Waals surface area contributed by atoms with Crippen LogP contribution < -0.4 is 4.74 Å². The maximum absolute atomic E-state index is 11.6. The fraction of sp³-hybridized carbons (Fsp3) is 0.562. The maximum atomic E-state index is 11.6. The predicted octanol–water partition coefficient (Wildman–Crippen LogP) is 2.61. The third kappa shape index (κ3) is 3.97. The monoisotopic (exact) mass is 277 g/mol. The first-order chi connectivity index (χ1) is 9.72. The highest BCUT2D eigenvalue weighted by Crippen LogP contribution is 2.25. The molecule has 4 nitrogen and oxygen atoms in total. The summed E-state index contributed by atoms with van der Waals surface area (Å²) in [5.74, 6) is 0.687. The number of carbonyl (C=O) groups is 1. The Balaban J connectivity index is 2.07. The number of rotatable bonds is 6. The Bertz CT molecular complexity index is 441. The van der Waals surface area contributed by atoms with E-state index in [1.807, 2.05) is 18.2 Å². The van der Waals surface area contributed by atoms with Crippen molar-refractivity contribution in [2.45, 2.75) is 38.3 Å². The quantitative estimate of drug-likeness (QED) is 0.749. The Morgan fingerprint density at radius 1 is 1.30 bits per heavy atom. The molecule has 1 aromatic carbocycles. The lowest BCUT2D eigenvalue weighted by molar-refractivity contribution is -0.142. The van der Waals surface area contributed by atoms with Crippen LogP contribution in [0.1, 0.15) is 31.2 Å². The first kappa shape index (κ1) is 14.9. The van der Waals surface area contributed by atoms with E-state index in [-0.39, 0.29) is 5.97 Å². The zero-order chi connectivity index (χ0) is 14.4. The second kappa shape index (κ2) is 7.29. The summed E-state index contributed by atoms with van der Waals surface area (Å²) >= 11 is 0. The van der Waals surface area contributed by atoms with Crippen LogP contribution in [0.15, 0.2) is 24.3 Å². The third-order valence-corrected chi connectivity index (χ3v) is 3.92. The van der Waals surface area contributed by atoms with Crippen molar-refractivity contribution in [1.29, 1.82) is 0 Å². The lowest BCUT2D eigenvalue weighted by Crippen LogP contribution is -2.37. The van der Waals surface area contributed by atoms with Gasteiger partial charge >= 0.3 is 5.97 Å². The molecule has 0 aliphatic heterocycles.